The topological polar surface area (TPSA) is 86.9 Å². The van der Waals surface area contributed by atoms with Gasteiger partial charge in [-0.15, -0.1) is 11.8 Å². The molecule has 8 nitrogen and oxygen atoms in total. The van der Waals surface area contributed by atoms with Crippen molar-refractivity contribution in [3.05, 3.63) is 64.7 Å². The smallest absolute Gasteiger partial charge is 0.256 e. The van der Waals surface area contributed by atoms with Crippen LogP contribution in [0.4, 0.5) is 0 Å². The van der Waals surface area contributed by atoms with E-state index in [4.69, 9.17) is 18.7 Å². The Morgan fingerprint density at radius 3 is 2.46 bits per heavy atom. The molecule has 1 aromatic carbocycles. The first-order valence-electron chi connectivity index (χ1n) is 11.2. The van der Waals surface area contributed by atoms with E-state index in [-0.39, 0.29) is 5.91 Å². The molecule has 0 spiro atoms. The second kappa shape index (κ2) is 10.9. The lowest BCUT2D eigenvalue weighted by Crippen LogP contribution is -2.35. The van der Waals surface area contributed by atoms with E-state index in [2.05, 4.69) is 16.2 Å². The summed E-state index contributed by atoms with van der Waals surface area (Å²) in [5.74, 6) is 3.41. The molecule has 1 aliphatic heterocycles. The molecule has 0 unspecified atom stereocenters. The van der Waals surface area contributed by atoms with Gasteiger partial charge >= 0.3 is 0 Å². The number of pyridine rings is 1. The number of thioether (sulfide) groups is 1. The summed E-state index contributed by atoms with van der Waals surface area (Å²) in [5, 5.41) is 4.71. The van der Waals surface area contributed by atoms with Gasteiger partial charge in [-0.05, 0) is 38.0 Å². The average molecular weight is 496 g/mol. The Kier molecular flexibility index (Phi) is 7.65. The fourth-order valence-electron chi connectivity index (χ4n) is 4.09. The molecule has 9 heteroatoms. The maximum atomic E-state index is 13.4. The lowest BCUT2D eigenvalue weighted by atomic mass is 9.97. The van der Waals surface area contributed by atoms with Crippen molar-refractivity contribution in [2.75, 3.05) is 34.4 Å². The minimum atomic E-state index is -0.0386. The van der Waals surface area contributed by atoms with Crippen LogP contribution in [0.2, 0.25) is 0 Å². The van der Waals surface area contributed by atoms with Gasteiger partial charge in [-0.2, -0.15) is 0 Å². The van der Waals surface area contributed by atoms with Gasteiger partial charge in [-0.1, -0.05) is 11.2 Å². The molecule has 0 saturated carbocycles. The molecule has 0 saturated heterocycles. The van der Waals surface area contributed by atoms with E-state index in [1.807, 2.05) is 36.9 Å². The van der Waals surface area contributed by atoms with Gasteiger partial charge in [0.25, 0.3) is 5.91 Å². The van der Waals surface area contributed by atoms with Crippen molar-refractivity contribution in [3.8, 4) is 17.2 Å². The maximum Gasteiger partial charge on any atom is 0.256 e. The summed E-state index contributed by atoms with van der Waals surface area (Å²) in [7, 11) is 4.86. The van der Waals surface area contributed by atoms with E-state index in [0.717, 1.165) is 28.2 Å². The second-order valence-electron chi connectivity index (χ2n) is 8.08. The molecule has 35 heavy (non-hydrogen) atoms. The summed E-state index contributed by atoms with van der Waals surface area (Å²) in [6.45, 7) is 4.87. The second-order valence-corrected chi connectivity index (χ2v) is 9.05. The van der Waals surface area contributed by atoms with Crippen molar-refractivity contribution in [1.29, 1.82) is 0 Å². The van der Waals surface area contributed by atoms with Gasteiger partial charge in [-0.25, -0.2) is 4.98 Å². The lowest BCUT2D eigenvalue weighted by Gasteiger charge is -2.28. The van der Waals surface area contributed by atoms with E-state index >= 15 is 0 Å². The molecule has 0 radical (unpaired) electrons. The molecule has 3 heterocycles. The van der Waals surface area contributed by atoms with E-state index in [0.29, 0.717) is 53.1 Å². The average Bonchev–Trinajstić information content (AvgIpc) is 3.23. The number of benzene rings is 1. The Balaban J connectivity index is 1.53. The highest BCUT2D eigenvalue weighted by Crippen LogP contribution is 2.41. The number of carbonyl (C=O) groups is 1. The molecule has 0 aliphatic carbocycles. The Morgan fingerprint density at radius 2 is 1.89 bits per heavy atom. The zero-order chi connectivity index (χ0) is 24.9. The standard InChI is InChI=1S/C26H29N3O5S/c1-16-21(17(2)34-28-16)15-35-25-20(7-6-10-27-25)26(30)29-11-8-18(9-12-29)24-22(32-4)13-19(31-3)14-23(24)33-5/h6-8,10,13-14H,9,11-12,15H2,1-5H3. The monoisotopic (exact) mass is 495 g/mol. The lowest BCUT2D eigenvalue weighted by molar-refractivity contribution is 0.0768. The van der Waals surface area contributed by atoms with Crippen LogP contribution >= 0.6 is 11.8 Å². The van der Waals surface area contributed by atoms with Crippen LogP contribution in [0.5, 0.6) is 17.2 Å². The first kappa shape index (κ1) is 24.7. The minimum Gasteiger partial charge on any atom is -0.496 e. The zero-order valence-corrected chi connectivity index (χ0v) is 21.4. The molecule has 0 fully saturated rings. The molecule has 4 rings (SSSR count). The summed E-state index contributed by atoms with van der Waals surface area (Å²) >= 11 is 1.52. The number of methoxy groups -OCH3 is 3. The van der Waals surface area contributed by atoms with Crippen LogP contribution in [0, 0.1) is 13.8 Å². The number of hydrogen-bond donors (Lipinski definition) is 0. The van der Waals surface area contributed by atoms with Crippen molar-refractivity contribution in [1.82, 2.24) is 15.0 Å². The number of amides is 1. The molecular formula is C26H29N3O5S. The first-order valence-corrected chi connectivity index (χ1v) is 12.2. The van der Waals surface area contributed by atoms with Crippen LogP contribution in [-0.2, 0) is 5.75 Å². The van der Waals surface area contributed by atoms with Crippen molar-refractivity contribution in [3.63, 3.8) is 0 Å². The van der Waals surface area contributed by atoms with Gasteiger partial charge in [0.05, 0.1) is 38.2 Å². The highest BCUT2D eigenvalue weighted by atomic mass is 32.2. The van der Waals surface area contributed by atoms with Gasteiger partial charge in [0, 0.05) is 42.7 Å². The van der Waals surface area contributed by atoms with Gasteiger partial charge in [-0.3, -0.25) is 4.79 Å². The molecule has 3 aromatic rings. The van der Waals surface area contributed by atoms with Crippen molar-refractivity contribution in [2.24, 2.45) is 0 Å². The van der Waals surface area contributed by atoms with Crippen molar-refractivity contribution in [2.45, 2.75) is 31.0 Å². The van der Waals surface area contributed by atoms with Gasteiger partial charge < -0.3 is 23.6 Å². The number of carbonyl (C=O) groups excluding carboxylic acids is 1. The maximum absolute atomic E-state index is 13.4. The summed E-state index contributed by atoms with van der Waals surface area (Å²) in [6, 6.07) is 7.31. The number of aromatic nitrogens is 2. The minimum absolute atomic E-state index is 0.0386. The zero-order valence-electron chi connectivity index (χ0n) is 20.6. The summed E-state index contributed by atoms with van der Waals surface area (Å²) in [5.41, 5.74) is 4.45. The van der Waals surface area contributed by atoms with Crippen molar-refractivity contribution < 1.29 is 23.5 Å². The van der Waals surface area contributed by atoms with Crippen LogP contribution in [0.3, 0.4) is 0 Å². The molecule has 1 amide bonds. The van der Waals surface area contributed by atoms with E-state index < -0.39 is 0 Å². The van der Waals surface area contributed by atoms with Crippen LogP contribution in [0.1, 0.15) is 39.4 Å². The number of ether oxygens (including phenoxy) is 3. The van der Waals surface area contributed by atoms with Crippen LogP contribution < -0.4 is 14.2 Å². The number of rotatable bonds is 8. The summed E-state index contributed by atoms with van der Waals surface area (Å²) < 4.78 is 21.8. The Hall–Kier alpha value is -3.46. The van der Waals surface area contributed by atoms with Gasteiger partial charge in [0.15, 0.2) is 0 Å². The predicted octanol–water partition coefficient (Wildman–Crippen LogP) is 4.93. The normalized spacial score (nSPS) is 13.4. The van der Waals surface area contributed by atoms with Gasteiger partial charge in [0.1, 0.15) is 28.0 Å². The molecule has 0 bridgehead atoms. The molecular weight excluding hydrogens is 466 g/mol. The van der Waals surface area contributed by atoms with Crippen LogP contribution in [-0.4, -0.2) is 55.4 Å². The Morgan fingerprint density at radius 1 is 1.14 bits per heavy atom. The molecule has 0 N–H and O–H groups in total. The summed E-state index contributed by atoms with van der Waals surface area (Å²) in [4.78, 5) is 19.8. The number of hydrogen-bond acceptors (Lipinski definition) is 8. The van der Waals surface area contributed by atoms with E-state index in [1.165, 1.54) is 11.8 Å². The fourth-order valence-corrected chi connectivity index (χ4v) is 5.23. The quantitative estimate of drug-likeness (QED) is 0.407. The fraction of sp³-hybridized carbons (Fsp3) is 0.346. The third-order valence-corrected chi connectivity index (χ3v) is 7.10. The van der Waals surface area contributed by atoms with E-state index in [9.17, 15) is 4.79 Å². The van der Waals surface area contributed by atoms with E-state index in [1.54, 1.807) is 33.6 Å². The number of nitrogens with zero attached hydrogens (tertiary/aromatic N) is 3. The first-order chi connectivity index (χ1) is 17.0. The largest absolute Gasteiger partial charge is 0.496 e. The Bertz CT molecular complexity index is 1210. The summed E-state index contributed by atoms with van der Waals surface area (Å²) in [6.07, 6.45) is 4.44. The molecule has 1 aliphatic rings. The third-order valence-electron chi connectivity index (χ3n) is 6.07. The molecule has 2 aromatic heterocycles. The van der Waals surface area contributed by atoms with Gasteiger partial charge in [0.2, 0.25) is 0 Å². The van der Waals surface area contributed by atoms with Crippen LogP contribution in [0.25, 0.3) is 5.57 Å². The molecule has 0 atom stereocenters. The van der Waals surface area contributed by atoms with Crippen molar-refractivity contribution >= 4 is 23.2 Å². The highest BCUT2D eigenvalue weighted by Gasteiger charge is 2.25. The third kappa shape index (κ3) is 5.14. The number of aryl methyl sites for hydroxylation is 2. The van der Waals surface area contributed by atoms with Crippen LogP contribution in [0.15, 0.2) is 46.1 Å². The highest BCUT2D eigenvalue weighted by molar-refractivity contribution is 7.98. The predicted molar refractivity (Wildman–Crippen MR) is 134 cm³/mol. The Labute approximate surface area is 209 Å². The SMILES string of the molecule is COc1cc(OC)c(C2=CCN(C(=O)c3cccnc3SCc3c(C)noc3C)CC2)c(OC)c1. The molecule has 184 valence electrons.